The predicted molar refractivity (Wildman–Crippen MR) is 69.2 cm³/mol. The number of aliphatic carboxylic acids is 1. The van der Waals surface area contributed by atoms with Crippen LogP contribution in [-0.4, -0.2) is 28.4 Å². The fourth-order valence-electron chi connectivity index (χ4n) is 2.00. The van der Waals surface area contributed by atoms with E-state index in [1.165, 1.54) is 4.90 Å². The molecule has 0 aliphatic carbocycles. The van der Waals surface area contributed by atoms with Gasteiger partial charge in [0.25, 0.3) is 0 Å². The van der Waals surface area contributed by atoms with Gasteiger partial charge in [0.2, 0.25) is 6.41 Å². The van der Waals surface area contributed by atoms with Crippen LogP contribution in [0.2, 0.25) is 0 Å². The minimum Gasteiger partial charge on any atom is -0.479 e. The molecule has 4 nitrogen and oxygen atoms in total. The molecular weight excluding hydrogens is 230 g/mol. The highest BCUT2D eigenvalue weighted by Crippen LogP contribution is 2.29. The number of carboxylic acids is 1. The first kappa shape index (κ1) is 14.2. The lowest BCUT2D eigenvalue weighted by Gasteiger charge is -2.38. The lowest BCUT2D eigenvalue weighted by Crippen LogP contribution is -2.52. The lowest BCUT2D eigenvalue weighted by atomic mass is 9.89. The van der Waals surface area contributed by atoms with Crippen LogP contribution in [0, 0.1) is 6.92 Å². The molecule has 0 spiro atoms. The van der Waals surface area contributed by atoms with E-state index in [-0.39, 0.29) is 6.04 Å². The standard InChI is InChI=1S/C14H19NO3/c1-10(2)15(9-16)14(4,13(17)18)12-7-5-11(3)6-8-12/h5-10H,1-4H3,(H,17,18). The Morgan fingerprint density at radius 2 is 1.83 bits per heavy atom. The van der Waals surface area contributed by atoms with Crippen LogP contribution in [0.5, 0.6) is 0 Å². The fourth-order valence-corrected chi connectivity index (χ4v) is 2.00. The molecule has 0 saturated heterocycles. The molecule has 1 aromatic rings. The first-order valence-corrected chi connectivity index (χ1v) is 5.88. The normalized spacial score (nSPS) is 14.1. The van der Waals surface area contributed by atoms with Crippen molar-refractivity contribution in [2.24, 2.45) is 0 Å². The van der Waals surface area contributed by atoms with Gasteiger partial charge in [-0.1, -0.05) is 29.8 Å². The summed E-state index contributed by atoms with van der Waals surface area (Å²) in [5, 5.41) is 9.51. The molecule has 1 unspecified atom stereocenters. The summed E-state index contributed by atoms with van der Waals surface area (Å²) in [6, 6.07) is 7.01. The second kappa shape index (κ2) is 5.21. The van der Waals surface area contributed by atoms with E-state index in [0.29, 0.717) is 12.0 Å². The number of hydrogen-bond donors (Lipinski definition) is 1. The van der Waals surface area contributed by atoms with Crippen molar-refractivity contribution in [2.45, 2.75) is 39.3 Å². The molecule has 1 aromatic carbocycles. The van der Waals surface area contributed by atoms with Gasteiger partial charge in [0.05, 0.1) is 0 Å². The molecule has 4 heteroatoms. The summed E-state index contributed by atoms with van der Waals surface area (Å²) in [6.45, 7) is 7.07. The molecule has 0 radical (unpaired) electrons. The van der Waals surface area contributed by atoms with Gasteiger partial charge < -0.3 is 10.0 Å². The molecule has 0 aliphatic rings. The summed E-state index contributed by atoms with van der Waals surface area (Å²) in [5.74, 6) is -1.04. The van der Waals surface area contributed by atoms with E-state index in [9.17, 15) is 14.7 Å². The Morgan fingerprint density at radius 3 is 2.17 bits per heavy atom. The van der Waals surface area contributed by atoms with Crippen molar-refractivity contribution in [3.63, 3.8) is 0 Å². The van der Waals surface area contributed by atoms with Gasteiger partial charge in [-0.3, -0.25) is 4.79 Å². The quantitative estimate of drug-likeness (QED) is 0.813. The number of hydrogen-bond acceptors (Lipinski definition) is 2. The maximum Gasteiger partial charge on any atom is 0.334 e. The molecule has 1 amide bonds. The molecule has 0 heterocycles. The van der Waals surface area contributed by atoms with Gasteiger partial charge in [0, 0.05) is 6.04 Å². The molecular formula is C14H19NO3. The molecule has 0 aromatic heterocycles. The fraction of sp³-hybridized carbons (Fsp3) is 0.429. The second-order valence-electron chi connectivity index (χ2n) is 4.85. The van der Waals surface area contributed by atoms with Crippen molar-refractivity contribution < 1.29 is 14.7 Å². The van der Waals surface area contributed by atoms with Gasteiger partial charge in [0.1, 0.15) is 0 Å². The first-order valence-electron chi connectivity index (χ1n) is 5.88. The highest BCUT2D eigenvalue weighted by Gasteiger charge is 2.42. The van der Waals surface area contributed by atoms with Crippen molar-refractivity contribution in [1.29, 1.82) is 0 Å². The van der Waals surface area contributed by atoms with E-state index < -0.39 is 11.5 Å². The maximum atomic E-state index is 11.6. The maximum absolute atomic E-state index is 11.6. The summed E-state index contributed by atoms with van der Waals surface area (Å²) in [6.07, 6.45) is 0.596. The average molecular weight is 249 g/mol. The number of rotatable bonds is 5. The third-order valence-corrected chi connectivity index (χ3v) is 3.22. The van der Waals surface area contributed by atoms with Crippen molar-refractivity contribution in [1.82, 2.24) is 4.90 Å². The van der Waals surface area contributed by atoms with E-state index >= 15 is 0 Å². The lowest BCUT2D eigenvalue weighted by molar-refractivity contribution is -0.156. The Hall–Kier alpha value is -1.84. The van der Waals surface area contributed by atoms with E-state index in [1.54, 1.807) is 32.9 Å². The van der Waals surface area contributed by atoms with Gasteiger partial charge >= 0.3 is 5.97 Å². The van der Waals surface area contributed by atoms with E-state index in [0.717, 1.165) is 5.56 Å². The highest BCUT2D eigenvalue weighted by atomic mass is 16.4. The zero-order valence-electron chi connectivity index (χ0n) is 11.2. The van der Waals surface area contributed by atoms with Crippen LogP contribution in [0.1, 0.15) is 31.9 Å². The molecule has 98 valence electrons. The van der Waals surface area contributed by atoms with Crippen LogP contribution < -0.4 is 0 Å². The second-order valence-corrected chi connectivity index (χ2v) is 4.85. The highest BCUT2D eigenvalue weighted by molar-refractivity contribution is 5.83. The van der Waals surface area contributed by atoms with E-state index in [1.807, 2.05) is 19.1 Å². The predicted octanol–water partition coefficient (Wildman–Crippen LogP) is 2.16. The van der Waals surface area contributed by atoms with E-state index in [2.05, 4.69) is 0 Å². The molecule has 0 saturated carbocycles. The largest absolute Gasteiger partial charge is 0.479 e. The summed E-state index contributed by atoms with van der Waals surface area (Å²) in [5.41, 5.74) is 0.305. The Balaban J connectivity index is 3.35. The molecule has 1 N–H and O–H groups in total. The van der Waals surface area contributed by atoms with Gasteiger partial charge in [-0.2, -0.15) is 0 Å². The zero-order chi connectivity index (χ0) is 13.9. The molecule has 0 fully saturated rings. The monoisotopic (exact) mass is 249 g/mol. The summed E-state index contributed by atoms with van der Waals surface area (Å²) >= 11 is 0. The minimum atomic E-state index is -1.34. The third-order valence-electron chi connectivity index (χ3n) is 3.22. The Kier molecular flexibility index (Phi) is 4.11. The van der Waals surface area contributed by atoms with Crippen LogP contribution in [0.4, 0.5) is 0 Å². The van der Waals surface area contributed by atoms with Crippen LogP contribution in [0.15, 0.2) is 24.3 Å². The number of carbonyl (C=O) groups excluding carboxylic acids is 1. The average Bonchev–Trinajstić information content (AvgIpc) is 2.29. The zero-order valence-corrected chi connectivity index (χ0v) is 11.2. The summed E-state index contributed by atoms with van der Waals surface area (Å²) in [7, 11) is 0. The van der Waals surface area contributed by atoms with Crippen molar-refractivity contribution in [3.05, 3.63) is 35.4 Å². The Bertz CT molecular complexity index is 439. The molecule has 1 rings (SSSR count). The number of benzene rings is 1. The Labute approximate surface area is 107 Å². The summed E-state index contributed by atoms with van der Waals surface area (Å²) in [4.78, 5) is 24.1. The number of nitrogens with zero attached hydrogens (tertiary/aromatic N) is 1. The first-order chi connectivity index (χ1) is 8.33. The topological polar surface area (TPSA) is 57.6 Å². The number of carboxylic acid groups (broad SMARTS) is 1. The minimum absolute atomic E-state index is 0.190. The molecule has 0 aliphatic heterocycles. The van der Waals surface area contributed by atoms with Crippen LogP contribution in [-0.2, 0) is 15.1 Å². The Morgan fingerprint density at radius 1 is 1.33 bits per heavy atom. The van der Waals surface area contributed by atoms with Crippen molar-refractivity contribution in [2.75, 3.05) is 0 Å². The van der Waals surface area contributed by atoms with Crippen LogP contribution >= 0.6 is 0 Å². The van der Waals surface area contributed by atoms with Crippen LogP contribution in [0.3, 0.4) is 0 Å². The number of amides is 1. The third kappa shape index (κ3) is 2.37. The number of carbonyl (C=O) groups is 2. The number of aryl methyl sites for hydroxylation is 1. The molecule has 1 atom stereocenters. The summed E-state index contributed by atoms with van der Waals surface area (Å²) < 4.78 is 0. The molecule has 18 heavy (non-hydrogen) atoms. The SMILES string of the molecule is Cc1ccc(C(C)(C(=O)O)N(C=O)C(C)C)cc1. The van der Waals surface area contributed by atoms with Gasteiger partial charge in [-0.25, -0.2) is 4.79 Å². The smallest absolute Gasteiger partial charge is 0.334 e. The van der Waals surface area contributed by atoms with Gasteiger partial charge in [0.15, 0.2) is 5.54 Å². The van der Waals surface area contributed by atoms with Crippen molar-refractivity contribution >= 4 is 12.4 Å². The van der Waals surface area contributed by atoms with Crippen molar-refractivity contribution in [3.8, 4) is 0 Å². The van der Waals surface area contributed by atoms with Crippen LogP contribution in [0.25, 0.3) is 0 Å². The van der Waals surface area contributed by atoms with E-state index in [4.69, 9.17) is 0 Å². The van der Waals surface area contributed by atoms with Gasteiger partial charge in [-0.05, 0) is 33.3 Å². The van der Waals surface area contributed by atoms with Gasteiger partial charge in [-0.15, -0.1) is 0 Å². The molecule has 0 bridgehead atoms.